The largest absolute Gasteiger partial charge is 0.507 e. The highest BCUT2D eigenvalue weighted by Crippen LogP contribution is 2.34. The molecular formula is C21H16Br2N2O5. The predicted molar refractivity (Wildman–Crippen MR) is 120 cm³/mol. The van der Waals surface area contributed by atoms with Crippen molar-refractivity contribution in [3.05, 3.63) is 68.6 Å². The van der Waals surface area contributed by atoms with Crippen molar-refractivity contribution in [3.63, 3.8) is 0 Å². The molecule has 7 nitrogen and oxygen atoms in total. The molecule has 0 heterocycles. The van der Waals surface area contributed by atoms with Gasteiger partial charge in [-0.3, -0.25) is 4.79 Å². The van der Waals surface area contributed by atoms with E-state index in [1.54, 1.807) is 18.2 Å². The zero-order chi connectivity index (χ0) is 21.7. The van der Waals surface area contributed by atoms with Crippen LogP contribution in [0.1, 0.15) is 15.9 Å². The normalized spacial score (nSPS) is 10.9. The first-order valence-corrected chi connectivity index (χ1v) is 10.2. The fourth-order valence-electron chi connectivity index (χ4n) is 2.62. The molecule has 0 spiro atoms. The molecule has 0 bridgehead atoms. The zero-order valence-electron chi connectivity index (χ0n) is 15.7. The SMILES string of the molecule is COC(=O)COc1c(Br)cc(C=NNC(=O)c2cc3ccccc3cc2O)cc1Br. The number of hydrazone groups is 1. The number of nitrogens with zero attached hydrogens (tertiary/aromatic N) is 1. The first kappa shape index (κ1) is 21.8. The molecule has 1 amide bonds. The Morgan fingerprint density at radius 3 is 2.37 bits per heavy atom. The number of aromatic hydroxyl groups is 1. The van der Waals surface area contributed by atoms with Crippen LogP contribution in [0.25, 0.3) is 10.8 Å². The van der Waals surface area contributed by atoms with E-state index in [1.165, 1.54) is 19.4 Å². The van der Waals surface area contributed by atoms with E-state index >= 15 is 0 Å². The second kappa shape index (κ2) is 9.73. The molecule has 2 N–H and O–H groups in total. The first-order chi connectivity index (χ1) is 14.4. The lowest BCUT2D eigenvalue weighted by Gasteiger charge is -2.10. The Hall–Kier alpha value is -2.91. The predicted octanol–water partition coefficient (Wildman–Crippen LogP) is 4.39. The lowest BCUT2D eigenvalue weighted by atomic mass is 10.1. The average Bonchev–Trinajstić information content (AvgIpc) is 2.72. The molecule has 0 fully saturated rings. The first-order valence-electron chi connectivity index (χ1n) is 8.63. The third-order valence-electron chi connectivity index (χ3n) is 4.07. The molecule has 3 aromatic carbocycles. The van der Waals surface area contributed by atoms with Gasteiger partial charge in [-0.1, -0.05) is 24.3 Å². The molecule has 9 heteroatoms. The molecule has 30 heavy (non-hydrogen) atoms. The van der Waals surface area contributed by atoms with Gasteiger partial charge in [-0.05, 0) is 72.5 Å². The van der Waals surface area contributed by atoms with Gasteiger partial charge in [0.25, 0.3) is 5.91 Å². The Bertz CT molecular complexity index is 1120. The molecule has 0 aliphatic rings. The van der Waals surface area contributed by atoms with E-state index in [4.69, 9.17) is 4.74 Å². The van der Waals surface area contributed by atoms with Gasteiger partial charge in [0, 0.05) is 0 Å². The quantitative estimate of drug-likeness (QED) is 0.277. The summed E-state index contributed by atoms with van der Waals surface area (Å²) in [6, 6.07) is 14.0. The minimum atomic E-state index is -0.536. The van der Waals surface area contributed by atoms with Crippen LogP contribution in [0.5, 0.6) is 11.5 Å². The Balaban J connectivity index is 1.71. The molecule has 0 unspecified atom stereocenters. The van der Waals surface area contributed by atoms with Crippen molar-refractivity contribution in [1.82, 2.24) is 5.43 Å². The van der Waals surface area contributed by atoms with E-state index in [-0.39, 0.29) is 17.9 Å². The minimum absolute atomic E-state index is 0.125. The third-order valence-corrected chi connectivity index (χ3v) is 5.25. The molecule has 0 radical (unpaired) electrons. The van der Waals surface area contributed by atoms with Crippen LogP contribution >= 0.6 is 31.9 Å². The third kappa shape index (κ3) is 5.17. The fraction of sp³-hybridized carbons (Fsp3) is 0.0952. The molecule has 0 saturated carbocycles. The molecule has 0 aliphatic carbocycles. The van der Waals surface area contributed by atoms with Crippen molar-refractivity contribution in [2.24, 2.45) is 5.10 Å². The Morgan fingerprint density at radius 2 is 1.73 bits per heavy atom. The summed E-state index contributed by atoms with van der Waals surface area (Å²) in [5.41, 5.74) is 3.18. The number of hydrogen-bond acceptors (Lipinski definition) is 6. The van der Waals surface area contributed by atoms with Gasteiger partial charge < -0.3 is 14.6 Å². The number of rotatable bonds is 6. The highest BCUT2D eigenvalue weighted by atomic mass is 79.9. The van der Waals surface area contributed by atoms with Crippen molar-refractivity contribution in [3.8, 4) is 11.5 Å². The van der Waals surface area contributed by atoms with Crippen LogP contribution in [0, 0.1) is 0 Å². The second-order valence-corrected chi connectivity index (χ2v) is 7.80. The second-order valence-electron chi connectivity index (χ2n) is 6.09. The molecule has 0 aliphatic heterocycles. The summed E-state index contributed by atoms with van der Waals surface area (Å²) in [7, 11) is 1.28. The number of amides is 1. The molecule has 154 valence electrons. The van der Waals surface area contributed by atoms with Crippen LogP contribution in [-0.2, 0) is 9.53 Å². The van der Waals surface area contributed by atoms with Crippen LogP contribution in [0.3, 0.4) is 0 Å². The van der Waals surface area contributed by atoms with Gasteiger partial charge >= 0.3 is 5.97 Å². The number of methoxy groups -OCH3 is 1. The van der Waals surface area contributed by atoms with E-state index in [9.17, 15) is 14.7 Å². The number of fused-ring (bicyclic) bond motifs is 1. The van der Waals surface area contributed by atoms with Gasteiger partial charge in [0.1, 0.15) is 11.5 Å². The fourth-order valence-corrected chi connectivity index (χ4v) is 4.07. The monoisotopic (exact) mass is 534 g/mol. The Morgan fingerprint density at radius 1 is 1.10 bits per heavy atom. The van der Waals surface area contributed by atoms with Gasteiger partial charge in [0.2, 0.25) is 0 Å². The number of nitrogens with one attached hydrogen (secondary N) is 1. The van der Waals surface area contributed by atoms with E-state index < -0.39 is 11.9 Å². The van der Waals surface area contributed by atoms with Crippen molar-refractivity contribution in [2.75, 3.05) is 13.7 Å². The number of carbonyl (C=O) groups is 2. The highest BCUT2D eigenvalue weighted by molar-refractivity contribution is 9.11. The molecule has 0 atom stereocenters. The van der Waals surface area contributed by atoms with Crippen molar-refractivity contribution >= 4 is 60.7 Å². The van der Waals surface area contributed by atoms with Gasteiger partial charge in [-0.15, -0.1) is 0 Å². The van der Waals surface area contributed by atoms with Crippen LogP contribution in [0.2, 0.25) is 0 Å². The van der Waals surface area contributed by atoms with Crippen LogP contribution in [-0.4, -0.2) is 36.9 Å². The highest BCUT2D eigenvalue weighted by Gasteiger charge is 2.13. The maximum atomic E-state index is 12.4. The summed E-state index contributed by atoms with van der Waals surface area (Å²) in [6.45, 7) is -0.230. The van der Waals surface area contributed by atoms with Gasteiger partial charge in [-0.25, -0.2) is 10.2 Å². The maximum absolute atomic E-state index is 12.4. The molecule has 3 rings (SSSR count). The van der Waals surface area contributed by atoms with Crippen LogP contribution in [0.4, 0.5) is 0 Å². The number of halogens is 2. The number of phenols is 1. The van der Waals surface area contributed by atoms with Crippen LogP contribution in [0.15, 0.2) is 62.6 Å². The maximum Gasteiger partial charge on any atom is 0.343 e. The van der Waals surface area contributed by atoms with E-state index in [0.29, 0.717) is 20.3 Å². The number of esters is 1. The molecule has 0 saturated heterocycles. The molecule has 0 aromatic heterocycles. The van der Waals surface area contributed by atoms with E-state index in [0.717, 1.165) is 10.8 Å². The van der Waals surface area contributed by atoms with E-state index in [1.807, 2.05) is 24.3 Å². The summed E-state index contributed by atoms with van der Waals surface area (Å²) < 4.78 is 11.1. The summed E-state index contributed by atoms with van der Waals surface area (Å²) in [4.78, 5) is 23.6. The Kier molecular flexibility index (Phi) is 7.07. The van der Waals surface area contributed by atoms with Gasteiger partial charge in [0.15, 0.2) is 6.61 Å². The average molecular weight is 536 g/mol. The Labute approximate surface area is 188 Å². The number of benzene rings is 3. The number of phenolic OH excluding ortho intramolecular Hbond substituents is 1. The minimum Gasteiger partial charge on any atom is -0.507 e. The smallest absolute Gasteiger partial charge is 0.343 e. The number of carbonyl (C=O) groups excluding carboxylic acids is 2. The summed E-state index contributed by atoms with van der Waals surface area (Å²) >= 11 is 6.74. The van der Waals surface area contributed by atoms with Crippen molar-refractivity contribution < 1.29 is 24.2 Å². The zero-order valence-corrected chi connectivity index (χ0v) is 18.9. The molecule has 3 aromatic rings. The van der Waals surface area contributed by atoms with Crippen molar-refractivity contribution in [2.45, 2.75) is 0 Å². The molecular weight excluding hydrogens is 520 g/mol. The van der Waals surface area contributed by atoms with Crippen molar-refractivity contribution in [1.29, 1.82) is 0 Å². The summed E-state index contributed by atoms with van der Waals surface area (Å²) in [5.74, 6) is -0.730. The van der Waals surface area contributed by atoms with E-state index in [2.05, 4.69) is 47.1 Å². The van der Waals surface area contributed by atoms with Gasteiger partial charge in [0.05, 0.1) is 27.8 Å². The summed E-state index contributed by atoms with van der Waals surface area (Å²) in [5, 5.41) is 15.7. The van der Waals surface area contributed by atoms with Gasteiger partial charge in [-0.2, -0.15) is 5.10 Å². The number of ether oxygens (including phenoxy) is 2. The lowest BCUT2D eigenvalue weighted by molar-refractivity contribution is -0.142. The number of hydrogen-bond donors (Lipinski definition) is 2. The standard InChI is InChI=1S/C21H16Br2N2O5/c1-29-19(27)11-30-20-16(22)6-12(7-17(20)23)10-24-25-21(28)15-8-13-4-2-3-5-14(13)9-18(15)26/h2-10,26H,11H2,1H3,(H,25,28). The topological polar surface area (TPSA) is 97.2 Å². The van der Waals surface area contributed by atoms with Crippen LogP contribution < -0.4 is 10.2 Å². The summed E-state index contributed by atoms with van der Waals surface area (Å²) in [6.07, 6.45) is 1.44. The lowest BCUT2D eigenvalue weighted by Crippen LogP contribution is -2.17.